The number of aromatic hydroxyl groups is 1. The average molecular weight is 369 g/mol. The van der Waals surface area contributed by atoms with Gasteiger partial charge in [0.25, 0.3) is 5.56 Å². The van der Waals surface area contributed by atoms with Gasteiger partial charge in [-0.3, -0.25) is 4.79 Å². The maximum atomic E-state index is 12.2. The van der Waals surface area contributed by atoms with Crippen molar-refractivity contribution in [1.82, 2.24) is 14.5 Å². The molecule has 0 saturated heterocycles. The normalized spacial score (nSPS) is 11.4. The fourth-order valence-corrected chi connectivity index (χ4v) is 3.46. The van der Waals surface area contributed by atoms with E-state index in [0.717, 1.165) is 28.7 Å². The Morgan fingerprint density at radius 2 is 1.96 bits per heavy atom. The van der Waals surface area contributed by atoms with Crippen LogP contribution in [-0.2, 0) is 20.0 Å². The number of aromatic amines is 1. The van der Waals surface area contributed by atoms with E-state index in [1.165, 1.54) is 0 Å². The number of nitrogens with one attached hydrogen (secondary N) is 1. The summed E-state index contributed by atoms with van der Waals surface area (Å²) >= 11 is 0. The molecule has 3 aromatic rings. The van der Waals surface area contributed by atoms with Crippen LogP contribution in [0.1, 0.15) is 28.5 Å². The maximum Gasteiger partial charge on any atom is 0.345 e. The number of benzene rings is 1. The molecule has 3 N–H and O–H groups in total. The number of aryl methyl sites for hydroxylation is 1. The number of hydrogen-bond donors (Lipinski definition) is 3. The molecule has 7 heteroatoms. The van der Waals surface area contributed by atoms with Crippen LogP contribution in [0.25, 0.3) is 22.2 Å². The number of H-pyrrole nitrogens is 1. The van der Waals surface area contributed by atoms with Gasteiger partial charge in [-0.15, -0.1) is 0 Å². The minimum Gasteiger partial charge on any atom is -0.506 e. The van der Waals surface area contributed by atoms with E-state index in [0.29, 0.717) is 17.7 Å². The van der Waals surface area contributed by atoms with Gasteiger partial charge in [-0.05, 0) is 44.3 Å². The lowest BCUT2D eigenvalue weighted by Gasteiger charge is -2.12. The lowest BCUT2D eigenvalue weighted by molar-refractivity contribution is 0.0691. The summed E-state index contributed by atoms with van der Waals surface area (Å²) in [7, 11) is 6.02. The molecular formula is C20H23N3O4. The van der Waals surface area contributed by atoms with Crippen LogP contribution in [0, 0.1) is 0 Å². The molecule has 27 heavy (non-hydrogen) atoms. The summed E-state index contributed by atoms with van der Waals surface area (Å²) in [5, 5.41) is 20.5. The molecule has 0 aliphatic rings. The van der Waals surface area contributed by atoms with Crippen molar-refractivity contribution >= 4 is 16.9 Å². The number of pyridine rings is 1. The minimum atomic E-state index is -1.44. The van der Waals surface area contributed by atoms with Gasteiger partial charge in [0.05, 0.1) is 5.69 Å². The fourth-order valence-electron chi connectivity index (χ4n) is 3.46. The zero-order valence-electron chi connectivity index (χ0n) is 15.8. The van der Waals surface area contributed by atoms with E-state index in [2.05, 4.69) is 20.5 Å². The first-order valence-electron chi connectivity index (χ1n) is 8.69. The summed E-state index contributed by atoms with van der Waals surface area (Å²) in [5.74, 6) is -1.91. The Hall–Kier alpha value is -3.06. The predicted octanol–water partition coefficient (Wildman–Crippen LogP) is 2.56. The lowest BCUT2D eigenvalue weighted by atomic mass is 9.99. The number of aromatic nitrogens is 2. The minimum absolute atomic E-state index is 0.386. The number of hydrogen-bond acceptors (Lipinski definition) is 4. The average Bonchev–Trinajstić information content (AvgIpc) is 2.88. The maximum absolute atomic E-state index is 12.2. The van der Waals surface area contributed by atoms with Crippen molar-refractivity contribution in [1.29, 1.82) is 0 Å². The van der Waals surface area contributed by atoms with Gasteiger partial charge in [0.1, 0.15) is 5.75 Å². The molecule has 0 fully saturated rings. The van der Waals surface area contributed by atoms with E-state index in [9.17, 15) is 19.8 Å². The third-order valence-corrected chi connectivity index (χ3v) is 4.77. The zero-order valence-corrected chi connectivity index (χ0v) is 15.8. The van der Waals surface area contributed by atoms with E-state index in [-0.39, 0.29) is 0 Å². The molecule has 0 radical (unpaired) electrons. The highest BCUT2D eigenvalue weighted by Gasteiger charge is 2.22. The lowest BCUT2D eigenvalue weighted by Crippen LogP contribution is -2.20. The Bertz CT molecular complexity index is 1090. The molecule has 0 amide bonds. The zero-order chi connectivity index (χ0) is 19.9. The number of aromatic carboxylic acids is 1. The van der Waals surface area contributed by atoms with Gasteiger partial charge >= 0.3 is 5.97 Å². The van der Waals surface area contributed by atoms with Crippen molar-refractivity contribution in [2.45, 2.75) is 19.9 Å². The van der Waals surface area contributed by atoms with Crippen molar-refractivity contribution in [2.75, 3.05) is 14.1 Å². The topological polar surface area (TPSA) is 98.6 Å². The molecular weight excluding hydrogens is 346 g/mol. The van der Waals surface area contributed by atoms with Crippen molar-refractivity contribution in [3.8, 4) is 17.0 Å². The quantitative estimate of drug-likeness (QED) is 0.642. The Kier molecular flexibility index (Phi) is 4.80. The second-order valence-corrected chi connectivity index (χ2v) is 6.90. The Labute approximate surface area is 156 Å². The molecule has 3 rings (SSSR count). The molecule has 142 valence electrons. The molecule has 0 atom stereocenters. The Morgan fingerprint density at radius 1 is 1.26 bits per heavy atom. The number of carbonyl (C=O) groups is 1. The van der Waals surface area contributed by atoms with Crippen LogP contribution >= 0.6 is 0 Å². The Balaban J connectivity index is 2.21. The van der Waals surface area contributed by atoms with Crippen molar-refractivity contribution in [3.05, 3.63) is 51.4 Å². The van der Waals surface area contributed by atoms with Crippen LogP contribution in [-0.4, -0.2) is 44.7 Å². The number of carboxylic acids is 1. The highest BCUT2D eigenvalue weighted by Crippen LogP contribution is 2.32. The molecule has 2 heterocycles. The molecule has 0 spiro atoms. The molecule has 0 aliphatic heterocycles. The van der Waals surface area contributed by atoms with Crippen molar-refractivity contribution in [2.24, 2.45) is 7.05 Å². The van der Waals surface area contributed by atoms with E-state index < -0.39 is 22.8 Å². The van der Waals surface area contributed by atoms with Gasteiger partial charge in [-0.1, -0.05) is 13.0 Å². The van der Waals surface area contributed by atoms with E-state index in [1.54, 1.807) is 6.92 Å². The molecule has 0 bridgehead atoms. The van der Waals surface area contributed by atoms with Gasteiger partial charge < -0.3 is 24.7 Å². The molecule has 0 aliphatic carbocycles. The van der Waals surface area contributed by atoms with E-state index in [4.69, 9.17) is 0 Å². The first-order chi connectivity index (χ1) is 12.7. The standard InChI is InChI=1S/C20H23N3O4/c1-5-14-17(21-19(25)16(18(14)24)20(26)27)11-6-7-15-12(8-11)9-13(23(15)4)10-22(2)3/h6-9H,5,10H2,1-4H3,(H,26,27)(H2,21,24,25). The van der Waals surface area contributed by atoms with Crippen molar-refractivity contribution in [3.63, 3.8) is 0 Å². The number of fused-ring (bicyclic) bond motifs is 1. The largest absolute Gasteiger partial charge is 0.506 e. The van der Waals surface area contributed by atoms with Gasteiger partial charge in [0, 0.05) is 35.8 Å². The third-order valence-electron chi connectivity index (χ3n) is 4.77. The summed E-state index contributed by atoms with van der Waals surface area (Å²) in [5.41, 5.74) is 2.37. The van der Waals surface area contributed by atoms with Crippen LogP contribution in [0.4, 0.5) is 0 Å². The van der Waals surface area contributed by atoms with Crippen LogP contribution in [0.5, 0.6) is 5.75 Å². The highest BCUT2D eigenvalue weighted by atomic mass is 16.4. The van der Waals surface area contributed by atoms with Crippen molar-refractivity contribution < 1.29 is 15.0 Å². The SMILES string of the molecule is CCc1c(-c2ccc3c(c2)cc(CN(C)C)n3C)[nH]c(=O)c(C(=O)O)c1O. The molecule has 0 unspecified atom stereocenters. The second-order valence-electron chi connectivity index (χ2n) is 6.90. The van der Waals surface area contributed by atoms with Gasteiger partial charge in [0.15, 0.2) is 5.56 Å². The summed E-state index contributed by atoms with van der Waals surface area (Å²) in [6.07, 6.45) is 0.386. The highest BCUT2D eigenvalue weighted by molar-refractivity contribution is 5.92. The van der Waals surface area contributed by atoms with Gasteiger partial charge in [-0.2, -0.15) is 0 Å². The van der Waals surface area contributed by atoms with Crippen LogP contribution in [0.2, 0.25) is 0 Å². The summed E-state index contributed by atoms with van der Waals surface area (Å²) in [4.78, 5) is 28.2. The first kappa shape index (κ1) is 18.7. The van der Waals surface area contributed by atoms with Crippen LogP contribution in [0.15, 0.2) is 29.1 Å². The predicted molar refractivity (Wildman–Crippen MR) is 104 cm³/mol. The summed E-state index contributed by atoms with van der Waals surface area (Å²) < 4.78 is 2.12. The molecule has 2 aromatic heterocycles. The van der Waals surface area contributed by atoms with Gasteiger partial charge in [-0.25, -0.2) is 4.79 Å². The smallest absolute Gasteiger partial charge is 0.345 e. The fraction of sp³-hybridized carbons (Fsp3) is 0.300. The monoisotopic (exact) mass is 369 g/mol. The van der Waals surface area contributed by atoms with Gasteiger partial charge in [0.2, 0.25) is 0 Å². The van der Waals surface area contributed by atoms with E-state index in [1.807, 2.05) is 39.3 Å². The Morgan fingerprint density at radius 3 is 2.56 bits per heavy atom. The van der Waals surface area contributed by atoms with Crippen LogP contribution in [0.3, 0.4) is 0 Å². The molecule has 1 aromatic carbocycles. The third kappa shape index (κ3) is 3.21. The first-order valence-corrected chi connectivity index (χ1v) is 8.69. The summed E-state index contributed by atoms with van der Waals surface area (Å²) in [6, 6.07) is 7.86. The molecule has 0 saturated carbocycles. The van der Waals surface area contributed by atoms with Crippen LogP contribution < -0.4 is 5.56 Å². The number of carboxylic acid groups (broad SMARTS) is 1. The summed E-state index contributed by atoms with van der Waals surface area (Å²) in [6.45, 7) is 2.60. The second kappa shape index (κ2) is 6.92. The van der Waals surface area contributed by atoms with E-state index >= 15 is 0 Å². The number of rotatable bonds is 5. The molecule has 7 nitrogen and oxygen atoms in total. The number of nitrogens with zero attached hydrogens (tertiary/aromatic N) is 2.